The van der Waals surface area contributed by atoms with Gasteiger partial charge >= 0.3 is 0 Å². The fourth-order valence-corrected chi connectivity index (χ4v) is 10.6. The van der Waals surface area contributed by atoms with Crippen molar-refractivity contribution in [3.8, 4) is 11.5 Å². The van der Waals surface area contributed by atoms with Gasteiger partial charge in [0.15, 0.2) is 0 Å². The molecule has 4 rings (SSSR count). The Bertz CT molecular complexity index is 1040. The van der Waals surface area contributed by atoms with Crippen LogP contribution in [-0.2, 0) is 11.5 Å². The van der Waals surface area contributed by atoms with E-state index in [1.807, 2.05) is 13.8 Å². The van der Waals surface area contributed by atoms with Crippen LogP contribution in [0.2, 0.25) is 0 Å². The molecule has 0 aromatic heterocycles. The number of hydrogen-bond donors (Lipinski definition) is 0. The Kier molecular flexibility index (Phi) is 8.22. The van der Waals surface area contributed by atoms with Crippen LogP contribution in [0.5, 0.6) is 11.5 Å². The van der Waals surface area contributed by atoms with E-state index >= 15 is 0 Å². The molecule has 2 nitrogen and oxygen atoms in total. The lowest BCUT2D eigenvalue weighted by Crippen LogP contribution is -2.36. The van der Waals surface area contributed by atoms with Gasteiger partial charge in [-0.15, -0.1) is 0 Å². The average Bonchev–Trinajstić information content (AvgIpc) is 2.72. The molecule has 4 unspecified atom stereocenters. The quantitative estimate of drug-likeness (QED) is 0.329. The second-order valence-corrected chi connectivity index (χ2v) is 15.1. The van der Waals surface area contributed by atoms with E-state index in [-0.39, 0.29) is 21.0 Å². The summed E-state index contributed by atoms with van der Waals surface area (Å²) in [5, 5.41) is 1.24. The van der Waals surface area contributed by atoms with E-state index in [9.17, 15) is 0 Å². The van der Waals surface area contributed by atoms with Crippen LogP contribution in [0.4, 0.5) is 0 Å². The molecule has 2 aliphatic rings. The molecule has 1 heterocycles. The number of benzene rings is 2. The van der Waals surface area contributed by atoms with Crippen LogP contribution >= 0.6 is 21.0 Å². The maximum Gasteiger partial charge on any atom is 0.245 e. The maximum atomic E-state index is 6.72. The van der Waals surface area contributed by atoms with Crippen LogP contribution < -0.4 is 9.47 Å². The Hall–Kier alpha value is -1.52. The summed E-state index contributed by atoms with van der Waals surface area (Å²) < 4.78 is 13.4. The monoisotopic (exact) mass is 512 g/mol. The van der Waals surface area contributed by atoms with Crippen LogP contribution in [0, 0.1) is 27.7 Å². The number of rotatable bonds is 0. The van der Waals surface area contributed by atoms with Crippen molar-refractivity contribution in [2.45, 2.75) is 108 Å². The Morgan fingerprint density at radius 1 is 0.686 bits per heavy atom. The molecule has 0 radical (unpaired) electrons. The van der Waals surface area contributed by atoms with E-state index in [1.165, 1.54) is 71.9 Å². The molecule has 0 amide bonds. The fourth-order valence-electron chi connectivity index (χ4n) is 5.90. The highest BCUT2D eigenvalue weighted by molar-refractivity contribution is 8.17. The van der Waals surface area contributed by atoms with Crippen LogP contribution in [0.1, 0.15) is 85.8 Å². The van der Waals surface area contributed by atoms with Gasteiger partial charge in [0, 0.05) is 47.0 Å². The van der Waals surface area contributed by atoms with Crippen molar-refractivity contribution in [3.05, 3.63) is 57.6 Å². The zero-order valence-corrected chi connectivity index (χ0v) is 24.3. The molecule has 1 fully saturated rings. The SMILES string of the molecule is C=S1Cc2cc(C)cc(C)c2OC(C)(C)Oc2c(C)cc(C)cc2CS(=C)C2CCCCCCC21. The Balaban J connectivity index is 1.88. The highest BCUT2D eigenvalue weighted by Gasteiger charge is 2.31. The average molecular weight is 513 g/mol. The molecule has 192 valence electrons. The lowest BCUT2D eigenvalue weighted by Gasteiger charge is -2.34. The minimum absolute atomic E-state index is 0.0142. The van der Waals surface area contributed by atoms with E-state index in [4.69, 9.17) is 21.2 Å². The Labute approximate surface area is 218 Å². The molecule has 2 aromatic rings. The van der Waals surface area contributed by atoms with E-state index < -0.39 is 5.79 Å². The third-order valence-corrected chi connectivity index (χ3v) is 11.7. The van der Waals surface area contributed by atoms with Gasteiger partial charge in [-0.05, 0) is 51.7 Å². The van der Waals surface area contributed by atoms with Gasteiger partial charge in [-0.1, -0.05) is 72.8 Å². The summed E-state index contributed by atoms with van der Waals surface area (Å²) in [6.07, 6.45) is 7.90. The number of hydrogen-bond acceptors (Lipinski definition) is 2. The summed E-state index contributed by atoms with van der Waals surface area (Å²) in [6, 6.07) is 9.08. The molecule has 0 spiro atoms. The third-order valence-electron chi connectivity index (χ3n) is 7.37. The zero-order valence-electron chi connectivity index (χ0n) is 22.7. The van der Waals surface area contributed by atoms with Crippen LogP contribution in [0.25, 0.3) is 0 Å². The third kappa shape index (κ3) is 6.25. The van der Waals surface area contributed by atoms with Crippen LogP contribution in [0.3, 0.4) is 0 Å². The lowest BCUT2D eigenvalue weighted by atomic mass is 10.00. The van der Waals surface area contributed by atoms with E-state index in [2.05, 4.69) is 52.0 Å². The number of ether oxygens (including phenoxy) is 2. The summed E-state index contributed by atoms with van der Waals surface area (Å²) in [6.45, 7) is 12.8. The molecule has 0 N–H and O–H groups in total. The number of fused-ring (bicyclic) bond motifs is 3. The zero-order chi connectivity index (χ0) is 25.3. The molecule has 1 saturated carbocycles. The minimum Gasteiger partial charge on any atom is -0.452 e. The van der Waals surface area contributed by atoms with Gasteiger partial charge in [-0.2, -0.15) is 21.0 Å². The van der Waals surface area contributed by atoms with Crippen molar-refractivity contribution in [2.24, 2.45) is 0 Å². The van der Waals surface area contributed by atoms with Gasteiger partial charge in [0.2, 0.25) is 5.79 Å². The van der Waals surface area contributed by atoms with Crippen molar-refractivity contribution >= 4 is 32.7 Å². The molecule has 35 heavy (non-hydrogen) atoms. The Morgan fingerprint density at radius 2 is 1.09 bits per heavy atom. The standard InChI is InChI=1S/C31H44O2S2/c1-21-15-23(3)29-25(17-21)19-34(7)27-13-11-9-10-12-14-28(27)35(8)20-26-18-22(2)16-24(4)30(26)33-31(5,6)32-29/h15-18,27-28H,7-14,19-20H2,1-6H3. The topological polar surface area (TPSA) is 18.5 Å². The van der Waals surface area contributed by atoms with Gasteiger partial charge < -0.3 is 9.47 Å². The van der Waals surface area contributed by atoms with Gasteiger partial charge in [0.05, 0.1) is 0 Å². The smallest absolute Gasteiger partial charge is 0.245 e. The second kappa shape index (κ2) is 10.8. The van der Waals surface area contributed by atoms with Crippen molar-refractivity contribution < 1.29 is 9.47 Å². The summed E-state index contributed by atoms with van der Waals surface area (Å²) in [5.74, 6) is 12.7. The normalized spacial score (nSPS) is 27.1. The molecule has 0 bridgehead atoms. The van der Waals surface area contributed by atoms with Crippen LogP contribution in [-0.4, -0.2) is 28.0 Å². The first-order chi connectivity index (χ1) is 16.5. The molecule has 4 heteroatoms. The van der Waals surface area contributed by atoms with Gasteiger partial charge in [0.1, 0.15) is 11.5 Å². The Morgan fingerprint density at radius 3 is 1.49 bits per heavy atom. The van der Waals surface area contributed by atoms with Crippen molar-refractivity contribution in [1.29, 1.82) is 0 Å². The van der Waals surface area contributed by atoms with E-state index in [0.717, 1.165) is 23.0 Å². The molecule has 4 atom stereocenters. The molecular weight excluding hydrogens is 468 g/mol. The molecule has 1 aliphatic carbocycles. The van der Waals surface area contributed by atoms with Gasteiger partial charge in [-0.3, -0.25) is 0 Å². The van der Waals surface area contributed by atoms with Gasteiger partial charge in [0.25, 0.3) is 0 Å². The first kappa shape index (κ1) is 26.5. The second-order valence-electron chi connectivity index (χ2n) is 11.2. The summed E-state index contributed by atoms with van der Waals surface area (Å²) >= 11 is 0. The largest absolute Gasteiger partial charge is 0.452 e. The van der Waals surface area contributed by atoms with E-state index in [0.29, 0.717) is 10.5 Å². The predicted molar refractivity (Wildman–Crippen MR) is 159 cm³/mol. The lowest BCUT2D eigenvalue weighted by molar-refractivity contribution is -0.0826. The van der Waals surface area contributed by atoms with Gasteiger partial charge in [-0.25, -0.2) is 0 Å². The predicted octanol–water partition coefficient (Wildman–Crippen LogP) is 8.62. The molecule has 2 aromatic carbocycles. The van der Waals surface area contributed by atoms with Crippen molar-refractivity contribution in [1.82, 2.24) is 0 Å². The minimum atomic E-state index is -0.793. The number of aryl methyl sites for hydroxylation is 4. The molecule has 1 aliphatic heterocycles. The fraction of sp³-hybridized carbons (Fsp3) is 0.548. The molecular formula is C31H44O2S2. The first-order valence-corrected chi connectivity index (χ1v) is 16.4. The summed E-state index contributed by atoms with van der Waals surface area (Å²) in [5.41, 5.74) is 7.48. The highest BCUT2D eigenvalue weighted by Crippen LogP contribution is 2.46. The summed E-state index contributed by atoms with van der Waals surface area (Å²) in [4.78, 5) is 0. The molecule has 0 saturated heterocycles. The van der Waals surface area contributed by atoms with Crippen LogP contribution in [0.15, 0.2) is 24.3 Å². The highest BCUT2D eigenvalue weighted by atomic mass is 32.2. The summed E-state index contributed by atoms with van der Waals surface area (Å²) in [7, 11) is 0.0284. The first-order valence-electron chi connectivity index (χ1n) is 13.1. The maximum absolute atomic E-state index is 6.72. The van der Waals surface area contributed by atoms with Crippen molar-refractivity contribution in [2.75, 3.05) is 0 Å². The van der Waals surface area contributed by atoms with E-state index in [1.54, 1.807) is 0 Å². The van der Waals surface area contributed by atoms with Crippen molar-refractivity contribution in [3.63, 3.8) is 0 Å².